The summed E-state index contributed by atoms with van der Waals surface area (Å²) < 4.78 is 0. The van der Waals surface area contributed by atoms with Crippen LogP contribution in [0.25, 0.3) is 0 Å². The molecule has 1 amide bonds. The van der Waals surface area contributed by atoms with E-state index in [2.05, 4.69) is 5.32 Å². The van der Waals surface area contributed by atoms with Gasteiger partial charge in [0.2, 0.25) is 5.91 Å². The molecule has 1 saturated heterocycles. The summed E-state index contributed by atoms with van der Waals surface area (Å²) in [7, 11) is 0. The Labute approximate surface area is 106 Å². The number of carbonyl (C=O) groups is 2. The number of aliphatic carboxylic acids is 1. The molecule has 1 aliphatic heterocycles. The Hall–Kier alpha value is -1.14. The monoisotopic (exact) mass is 259 g/mol. The van der Waals surface area contributed by atoms with Gasteiger partial charge < -0.3 is 20.6 Å². The zero-order chi connectivity index (χ0) is 14.1. The number of carboxylic acids is 1. The van der Waals surface area contributed by atoms with Crippen molar-refractivity contribution in [2.75, 3.05) is 0 Å². The van der Waals surface area contributed by atoms with E-state index in [0.29, 0.717) is 12.8 Å². The first kappa shape index (κ1) is 14.9. The average Bonchev–Trinajstić information content (AvgIpc) is 2.53. The van der Waals surface area contributed by atoms with Gasteiger partial charge in [0, 0.05) is 0 Å². The van der Waals surface area contributed by atoms with Crippen molar-refractivity contribution in [3.8, 4) is 0 Å². The summed E-state index contributed by atoms with van der Waals surface area (Å²) in [6, 6.07) is 0. The highest BCUT2D eigenvalue weighted by Gasteiger charge is 2.61. The Bertz CT molecular complexity index is 343. The summed E-state index contributed by atoms with van der Waals surface area (Å²) in [5.41, 5.74) is -1.99. The SMILES string of the molecule is CCC[C@H]1C(=O)N[C@](C(=O)O)([C@@H](O)C(C)C)[C@H]1O. The van der Waals surface area contributed by atoms with E-state index in [1.54, 1.807) is 13.8 Å². The summed E-state index contributed by atoms with van der Waals surface area (Å²) >= 11 is 0. The second-order valence-electron chi connectivity index (χ2n) is 5.19. The molecule has 0 unspecified atom stereocenters. The number of aliphatic hydroxyl groups excluding tert-OH is 2. The maximum Gasteiger partial charge on any atom is 0.334 e. The first-order valence-corrected chi connectivity index (χ1v) is 6.20. The number of aliphatic hydroxyl groups is 2. The second-order valence-corrected chi connectivity index (χ2v) is 5.19. The summed E-state index contributed by atoms with van der Waals surface area (Å²) in [6.45, 7) is 5.13. The Morgan fingerprint density at radius 2 is 2.06 bits per heavy atom. The molecule has 0 bridgehead atoms. The van der Waals surface area contributed by atoms with Crippen molar-refractivity contribution in [1.29, 1.82) is 0 Å². The number of amides is 1. The first-order chi connectivity index (χ1) is 8.28. The lowest BCUT2D eigenvalue weighted by Gasteiger charge is -2.35. The van der Waals surface area contributed by atoms with Gasteiger partial charge in [-0.25, -0.2) is 4.79 Å². The van der Waals surface area contributed by atoms with Crippen molar-refractivity contribution in [2.45, 2.75) is 51.4 Å². The lowest BCUT2D eigenvalue weighted by atomic mass is 9.79. The third kappa shape index (κ3) is 2.10. The molecular formula is C12H21NO5. The molecular weight excluding hydrogens is 238 g/mol. The Kier molecular flexibility index (Phi) is 4.34. The number of carboxylic acid groups (broad SMARTS) is 1. The fourth-order valence-electron chi connectivity index (χ4n) is 2.51. The predicted molar refractivity (Wildman–Crippen MR) is 63.8 cm³/mol. The summed E-state index contributed by atoms with van der Waals surface area (Å²) in [5, 5.41) is 31.8. The lowest BCUT2D eigenvalue weighted by molar-refractivity contribution is -0.159. The number of rotatable bonds is 5. The Balaban J connectivity index is 3.15. The van der Waals surface area contributed by atoms with Crippen molar-refractivity contribution in [3.63, 3.8) is 0 Å². The molecule has 0 radical (unpaired) electrons. The van der Waals surface area contributed by atoms with Crippen LogP contribution in [-0.4, -0.2) is 44.9 Å². The minimum atomic E-state index is -1.99. The van der Waals surface area contributed by atoms with E-state index in [-0.39, 0.29) is 0 Å². The molecule has 6 nitrogen and oxygen atoms in total. The van der Waals surface area contributed by atoms with Crippen LogP contribution in [0.15, 0.2) is 0 Å². The normalized spacial score (nSPS) is 33.6. The van der Waals surface area contributed by atoms with Gasteiger partial charge in [-0.15, -0.1) is 0 Å². The fraction of sp³-hybridized carbons (Fsp3) is 0.833. The van der Waals surface area contributed by atoms with Crippen molar-refractivity contribution >= 4 is 11.9 Å². The van der Waals surface area contributed by atoms with Gasteiger partial charge in [-0.3, -0.25) is 4.79 Å². The maximum absolute atomic E-state index is 11.8. The zero-order valence-corrected chi connectivity index (χ0v) is 10.9. The van der Waals surface area contributed by atoms with E-state index in [4.69, 9.17) is 0 Å². The van der Waals surface area contributed by atoms with Crippen LogP contribution < -0.4 is 5.32 Å². The number of nitrogens with one attached hydrogen (secondary N) is 1. The van der Waals surface area contributed by atoms with E-state index in [1.165, 1.54) is 0 Å². The predicted octanol–water partition coefficient (Wildman–Crippen LogP) is -0.266. The highest BCUT2D eigenvalue weighted by atomic mass is 16.4. The molecule has 1 aliphatic rings. The quantitative estimate of drug-likeness (QED) is 0.544. The molecule has 0 aromatic rings. The standard InChI is InChI=1S/C12H21NO5/c1-4-5-7-9(15)12(11(17)18,13-10(7)16)8(14)6(2)3/h6-9,14-15H,4-5H2,1-3H3,(H,13,16)(H,17,18)/t7-,8+,9+,12-/m1/s1. The Morgan fingerprint density at radius 1 is 1.50 bits per heavy atom. The molecule has 4 atom stereocenters. The van der Waals surface area contributed by atoms with Crippen molar-refractivity contribution in [3.05, 3.63) is 0 Å². The Morgan fingerprint density at radius 3 is 2.44 bits per heavy atom. The van der Waals surface area contributed by atoms with E-state index in [1.807, 2.05) is 6.92 Å². The van der Waals surface area contributed by atoms with E-state index in [9.17, 15) is 24.9 Å². The molecule has 0 saturated carbocycles. The number of hydrogen-bond donors (Lipinski definition) is 4. The van der Waals surface area contributed by atoms with Gasteiger partial charge in [-0.05, 0) is 12.3 Å². The topological polar surface area (TPSA) is 107 Å². The smallest absolute Gasteiger partial charge is 0.334 e. The molecule has 1 fully saturated rings. The van der Waals surface area contributed by atoms with Gasteiger partial charge >= 0.3 is 5.97 Å². The molecule has 104 valence electrons. The van der Waals surface area contributed by atoms with Crippen LogP contribution in [0.2, 0.25) is 0 Å². The van der Waals surface area contributed by atoms with Crippen molar-refractivity contribution in [1.82, 2.24) is 5.32 Å². The van der Waals surface area contributed by atoms with Gasteiger partial charge in [0.25, 0.3) is 0 Å². The van der Waals surface area contributed by atoms with Crippen LogP contribution in [0.5, 0.6) is 0 Å². The molecule has 18 heavy (non-hydrogen) atoms. The molecule has 1 rings (SSSR count). The van der Waals surface area contributed by atoms with Gasteiger partial charge in [0.1, 0.15) is 6.10 Å². The minimum absolute atomic E-state index is 0.392. The largest absolute Gasteiger partial charge is 0.479 e. The summed E-state index contributed by atoms with van der Waals surface area (Å²) in [4.78, 5) is 23.2. The molecule has 0 aromatic carbocycles. The van der Waals surface area contributed by atoms with Crippen LogP contribution in [0.3, 0.4) is 0 Å². The summed E-state index contributed by atoms with van der Waals surface area (Å²) in [5.74, 6) is -3.08. The molecule has 4 N–H and O–H groups in total. The van der Waals surface area contributed by atoms with Crippen LogP contribution in [0.1, 0.15) is 33.6 Å². The van der Waals surface area contributed by atoms with E-state index >= 15 is 0 Å². The fourth-order valence-corrected chi connectivity index (χ4v) is 2.51. The van der Waals surface area contributed by atoms with Crippen LogP contribution in [0.4, 0.5) is 0 Å². The van der Waals surface area contributed by atoms with Gasteiger partial charge in [0.05, 0.1) is 12.0 Å². The van der Waals surface area contributed by atoms with Crippen LogP contribution in [-0.2, 0) is 9.59 Å². The van der Waals surface area contributed by atoms with Gasteiger partial charge in [-0.1, -0.05) is 27.2 Å². The van der Waals surface area contributed by atoms with Crippen LogP contribution in [0, 0.1) is 11.8 Å². The second kappa shape index (κ2) is 5.24. The van der Waals surface area contributed by atoms with Gasteiger partial charge in [-0.2, -0.15) is 0 Å². The zero-order valence-electron chi connectivity index (χ0n) is 10.9. The highest BCUT2D eigenvalue weighted by molar-refractivity contribution is 5.94. The molecule has 6 heteroatoms. The number of hydrogen-bond acceptors (Lipinski definition) is 4. The molecule has 0 aromatic heterocycles. The van der Waals surface area contributed by atoms with E-state index < -0.39 is 41.5 Å². The van der Waals surface area contributed by atoms with Crippen LogP contribution >= 0.6 is 0 Å². The number of carbonyl (C=O) groups excluding carboxylic acids is 1. The third-order valence-electron chi connectivity index (χ3n) is 3.57. The molecule has 0 spiro atoms. The first-order valence-electron chi connectivity index (χ1n) is 6.20. The third-order valence-corrected chi connectivity index (χ3v) is 3.57. The maximum atomic E-state index is 11.8. The van der Waals surface area contributed by atoms with E-state index in [0.717, 1.165) is 0 Å². The molecule has 1 heterocycles. The van der Waals surface area contributed by atoms with Crippen molar-refractivity contribution < 1.29 is 24.9 Å². The molecule has 0 aliphatic carbocycles. The summed E-state index contributed by atoms with van der Waals surface area (Å²) in [6.07, 6.45) is -1.70. The lowest BCUT2D eigenvalue weighted by Crippen LogP contribution is -2.65. The minimum Gasteiger partial charge on any atom is -0.479 e. The average molecular weight is 259 g/mol. The van der Waals surface area contributed by atoms with Gasteiger partial charge in [0.15, 0.2) is 5.54 Å². The highest BCUT2D eigenvalue weighted by Crippen LogP contribution is 2.34. The van der Waals surface area contributed by atoms with Crippen molar-refractivity contribution in [2.24, 2.45) is 11.8 Å².